The van der Waals surface area contributed by atoms with Gasteiger partial charge < -0.3 is 24.4 Å². The number of benzene rings is 3. The summed E-state index contributed by atoms with van der Waals surface area (Å²) in [5, 5.41) is 5.09. The van der Waals surface area contributed by atoms with Crippen molar-refractivity contribution in [3.05, 3.63) is 59.7 Å². The van der Waals surface area contributed by atoms with Gasteiger partial charge in [-0.2, -0.15) is 0 Å². The van der Waals surface area contributed by atoms with Crippen LogP contribution >= 0.6 is 0 Å². The van der Waals surface area contributed by atoms with Gasteiger partial charge in [-0.25, -0.2) is 0 Å². The van der Waals surface area contributed by atoms with E-state index in [1.165, 1.54) is 6.92 Å². The molecule has 1 amide bonds. The minimum Gasteiger partial charge on any atom is -0.497 e. The highest BCUT2D eigenvalue weighted by atomic mass is 16.7. The Bertz CT molecular complexity index is 1160. The van der Waals surface area contributed by atoms with Gasteiger partial charge in [-0.15, -0.1) is 0 Å². The Morgan fingerprint density at radius 3 is 2.48 bits per heavy atom. The summed E-state index contributed by atoms with van der Waals surface area (Å²) in [4.78, 5) is 25.7. The van der Waals surface area contributed by atoms with Crippen molar-refractivity contribution in [2.45, 2.75) is 13.5 Å². The first-order valence-electron chi connectivity index (χ1n) is 10.1. The molecule has 0 saturated carbocycles. The minimum absolute atomic E-state index is 0.107. The smallest absolute Gasteiger partial charge is 0.279 e. The van der Waals surface area contributed by atoms with Crippen LogP contribution in [0.2, 0.25) is 0 Å². The van der Waals surface area contributed by atoms with Crippen LogP contribution in [0.5, 0.6) is 17.2 Å². The Hall–Kier alpha value is -3.58. The molecule has 0 bridgehead atoms. The lowest BCUT2D eigenvalue weighted by molar-refractivity contribution is -0.885. The maximum atomic E-state index is 12.6. The van der Waals surface area contributed by atoms with Crippen LogP contribution < -0.4 is 24.4 Å². The molecule has 1 atom stereocenters. The maximum absolute atomic E-state index is 12.6. The molecule has 4 rings (SSSR count). The summed E-state index contributed by atoms with van der Waals surface area (Å²) in [6.45, 7) is 2.51. The number of nitrogens with one attached hydrogen (secondary N) is 2. The molecule has 0 spiro atoms. The lowest BCUT2D eigenvalue weighted by Gasteiger charge is -2.15. The van der Waals surface area contributed by atoms with Gasteiger partial charge >= 0.3 is 0 Å². The Morgan fingerprint density at radius 2 is 1.74 bits per heavy atom. The average Bonchev–Trinajstić information content (AvgIpc) is 3.19. The van der Waals surface area contributed by atoms with Gasteiger partial charge in [0, 0.05) is 17.2 Å². The first-order chi connectivity index (χ1) is 14.9. The molecule has 2 N–H and O–H groups in total. The quantitative estimate of drug-likeness (QED) is 0.573. The molecule has 0 radical (unpaired) electrons. The number of methoxy groups -OCH3 is 1. The second-order valence-electron chi connectivity index (χ2n) is 7.71. The summed E-state index contributed by atoms with van der Waals surface area (Å²) in [5.74, 6) is 1.54. The fraction of sp³-hybridized carbons (Fsp3) is 0.250. The molecule has 160 valence electrons. The fourth-order valence-corrected chi connectivity index (χ4v) is 3.73. The summed E-state index contributed by atoms with van der Waals surface area (Å²) in [6, 6.07) is 15.5. The fourth-order valence-electron chi connectivity index (χ4n) is 3.73. The number of hydrogen-bond acceptors (Lipinski definition) is 5. The molecule has 7 heteroatoms. The van der Waals surface area contributed by atoms with Crippen molar-refractivity contribution >= 4 is 28.2 Å². The molecule has 0 aliphatic carbocycles. The van der Waals surface area contributed by atoms with Crippen LogP contribution in [0.3, 0.4) is 0 Å². The summed E-state index contributed by atoms with van der Waals surface area (Å²) in [5.41, 5.74) is 1.98. The van der Waals surface area contributed by atoms with E-state index in [1.54, 1.807) is 19.2 Å². The predicted molar refractivity (Wildman–Crippen MR) is 117 cm³/mol. The van der Waals surface area contributed by atoms with Gasteiger partial charge in [0.15, 0.2) is 23.8 Å². The zero-order valence-corrected chi connectivity index (χ0v) is 17.8. The molecule has 1 heterocycles. The van der Waals surface area contributed by atoms with Crippen LogP contribution in [0.25, 0.3) is 10.8 Å². The molecular formula is C24H25N2O5+. The summed E-state index contributed by atoms with van der Waals surface area (Å²) in [6.07, 6.45) is 0. The van der Waals surface area contributed by atoms with E-state index >= 15 is 0 Å². The van der Waals surface area contributed by atoms with Crippen LogP contribution in [0, 0.1) is 0 Å². The van der Waals surface area contributed by atoms with Crippen molar-refractivity contribution < 1.29 is 28.7 Å². The van der Waals surface area contributed by atoms with Gasteiger partial charge in [-0.1, -0.05) is 18.2 Å². The monoisotopic (exact) mass is 421 g/mol. The first kappa shape index (κ1) is 20.7. The number of quaternary nitrogens is 1. The third-order valence-electron chi connectivity index (χ3n) is 5.25. The van der Waals surface area contributed by atoms with Crippen molar-refractivity contribution in [1.82, 2.24) is 0 Å². The molecular weight excluding hydrogens is 396 g/mol. The van der Waals surface area contributed by atoms with E-state index in [0.29, 0.717) is 29.3 Å². The third kappa shape index (κ3) is 4.62. The molecule has 0 aromatic heterocycles. The number of rotatable bonds is 7. The van der Waals surface area contributed by atoms with Gasteiger partial charge in [0.2, 0.25) is 6.79 Å². The van der Waals surface area contributed by atoms with Crippen molar-refractivity contribution in [3.8, 4) is 17.2 Å². The number of fused-ring (bicyclic) bond motifs is 2. The zero-order chi connectivity index (χ0) is 22.0. The average molecular weight is 421 g/mol. The van der Waals surface area contributed by atoms with Gasteiger partial charge in [0.1, 0.15) is 12.3 Å². The van der Waals surface area contributed by atoms with Crippen molar-refractivity contribution in [2.24, 2.45) is 0 Å². The summed E-state index contributed by atoms with van der Waals surface area (Å²) >= 11 is 0. The number of hydrogen-bond donors (Lipinski definition) is 2. The second kappa shape index (κ2) is 8.65. The number of carbonyl (C=O) groups excluding carboxylic acids is 2. The van der Waals surface area contributed by atoms with Crippen LogP contribution in [-0.4, -0.2) is 39.2 Å². The van der Waals surface area contributed by atoms with E-state index < -0.39 is 0 Å². The highest BCUT2D eigenvalue weighted by molar-refractivity contribution is 6.04. The Morgan fingerprint density at radius 1 is 1.03 bits per heavy atom. The van der Waals surface area contributed by atoms with E-state index in [4.69, 9.17) is 14.2 Å². The van der Waals surface area contributed by atoms with Gasteiger partial charge in [-0.3, -0.25) is 9.59 Å². The van der Waals surface area contributed by atoms with Crippen LogP contribution in [-0.2, 0) is 11.3 Å². The number of Topliss-reactive ketones (excluding diaryl/α,β-unsaturated/α-hetero) is 1. The van der Waals surface area contributed by atoms with Crippen LogP contribution in [0.4, 0.5) is 5.69 Å². The van der Waals surface area contributed by atoms with Crippen molar-refractivity contribution in [3.63, 3.8) is 0 Å². The molecule has 0 saturated heterocycles. The summed E-state index contributed by atoms with van der Waals surface area (Å²) in [7, 11) is 3.62. The van der Waals surface area contributed by atoms with Gasteiger partial charge in [0.05, 0.1) is 19.8 Å². The molecule has 7 nitrogen and oxygen atoms in total. The zero-order valence-electron chi connectivity index (χ0n) is 17.8. The van der Waals surface area contributed by atoms with Gasteiger partial charge in [-0.05, 0) is 42.0 Å². The second-order valence-corrected chi connectivity index (χ2v) is 7.71. The molecule has 3 aromatic carbocycles. The third-order valence-corrected chi connectivity index (χ3v) is 5.25. The predicted octanol–water partition coefficient (Wildman–Crippen LogP) is 2.43. The number of ether oxygens (including phenoxy) is 3. The SMILES string of the molecule is COc1ccc2cc(C[NH+](C)CC(=O)Nc3cc4c(cc3C(C)=O)OCO4)ccc2c1. The highest BCUT2D eigenvalue weighted by Crippen LogP contribution is 2.37. The summed E-state index contributed by atoms with van der Waals surface area (Å²) < 4.78 is 16.0. The van der Waals surface area contributed by atoms with E-state index in [-0.39, 0.29) is 25.0 Å². The molecule has 31 heavy (non-hydrogen) atoms. The molecule has 3 aromatic rings. The largest absolute Gasteiger partial charge is 0.497 e. The van der Waals surface area contributed by atoms with E-state index in [2.05, 4.69) is 23.5 Å². The highest BCUT2D eigenvalue weighted by Gasteiger charge is 2.21. The van der Waals surface area contributed by atoms with Crippen molar-refractivity contribution in [2.75, 3.05) is 32.8 Å². The molecule has 1 unspecified atom stereocenters. The van der Waals surface area contributed by atoms with Crippen molar-refractivity contribution in [1.29, 1.82) is 0 Å². The lowest BCUT2D eigenvalue weighted by Crippen LogP contribution is -3.08. The number of amides is 1. The Kier molecular flexibility index (Phi) is 5.77. The number of ketones is 1. The Balaban J connectivity index is 1.42. The molecule has 0 fully saturated rings. The van der Waals surface area contributed by atoms with E-state index in [9.17, 15) is 9.59 Å². The van der Waals surface area contributed by atoms with Crippen LogP contribution in [0.1, 0.15) is 22.8 Å². The van der Waals surface area contributed by atoms with Gasteiger partial charge in [0.25, 0.3) is 5.91 Å². The number of carbonyl (C=O) groups is 2. The van der Waals surface area contributed by atoms with E-state index in [1.807, 2.05) is 25.2 Å². The minimum atomic E-state index is -0.176. The van der Waals surface area contributed by atoms with E-state index in [0.717, 1.165) is 27.0 Å². The number of likely N-dealkylation sites (N-methyl/N-ethyl adjacent to an activating group) is 1. The first-order valence-corrected chi connectivity index (χ1v) is 10.1. The van der Waals surface area contributed by atoms with Crippen LogP contribution in [0.15, 0.2) is 48.5 Å². The lowest BCUT2D eigenvalue weighted by atomic mass is 10.1. The topological polar surface area (TPSA) is 78.3 Å². The number of anilines is 1. The molecule has 1 aliphatic rings. The standard InChI is InChI=1S/C24H24N2O5/c1-15(27)20-10-22-23(31-14-30-22)11-21(20)25-24(28)13-26(2)12-16-4-5-18-9-19(29-3)7-6-17(18)8-16/h4-11H,12-14H2,1-3H3,(H,25,28)/p+1. The molecule has 1 aliphatic heterocycles. The Labute approximate surface area is 180 Å². The maximum Gasteiger partial charge on any atom is 0.279 e. The normalized spacial score (nSPS) is 13.1.